The van der Waals surface area contributed by atoms with Crippen LogP contribution in [0.3, 0.4) is 0 Å². The second kappa shape index (κ2) is 8.69. The van der Waals surface area contributed by atoms with Crippen molar-refractivity contribution in [1.29, 1.82) is 0 Å². The number of benzene rings is 1. The number of hydrogen-bond acceptors (Lipinski definition) is 5. The molecule has 1 aliphatic heterocycles. The van der Waals surface area contributed by atoms with Crippen LogP contribution in [-0.4, -0.2) is 33.5 Å². The minimum Gasteiger partial charge on any atom is -0.339 e. The Balaban J connectivity index is 1.40. The minimum absolute atomic E-state index is 0.188. The first kappa shape index (κ1) is 18.9. The molecule has 3 heterocycles. The molecule has 0 radical (unpaired) electrons. The number of thiophene rings is 1. The minimum atomic E-state index is 0.188. The van der Waals surface area contributed by atoms with Crippen LogP contribution in [0, 0.1) is 0 Å². The summed E-state index contributed by atoms with van der Waals surface area (Å²) in [6.45, 7) is 3.06. The third-order valence-corrected chi connectivity index (χ3v) is 6.38. The van der Waals surface area contributed by atoms with Crippen molar-refractivity contribution < 1.29 is 9.32 Å². The first-order valence-electron chi connectivity index (χ1n) is 9.97. The molecule has 0 bridgehead atoms. The van der Waals surface area contributed by atoms with Gasteiger partial charge in [0, 0.05) is 31.3 Å². The Morgan fingerprint density at radius 1 is 1.29 bits per heavy atom. The van der Waals surface area contributed by atoms with E-state index in [-0.39, 0.29) is 11.9 Å². The number of carbonyl (C=O) groups is 1. The zero-order valence-electron chi connectivity index (χ0n) is 16.1. The molecule has 0 saturated carbocycles. The van der Waals surface area contributed by atoms with Crippen molar-refractivity contribution in [1.82, 2.24) is 15.0 Å². The zero-order chi connectivity index (χ0) is 19.3. The predicted molar refractivity (Wildman–Crippen MR) is 110 cm³/mol. The third-order valence-electron chi connectivity index (χ3n) is 5.51. The molecule has 1 saturated heterocycles. The van der Waals surface area contributed by atoms with Crippen LogP contribution in [0.2, 0.25) is 0 Å². The molecule has 1 aromatic carbocycles. The van der Waals surface area contributed by atoms with Crippen LogP contribution >= 0.6 is 11.3 Å². The topological polar surface area (TPSA) is 59.2 Å². The lowest BCUT2D eigenvalue weighted by Gasteiger charge is -2.31. The van der Waals surface area contributed by atoms with Crippen LogP contribution in [0.1, 0.15) is 50.0 Å². The van der Waals surface area contributed by atoms with E-state index in [9.17, 15) is 4.79 Å². The molecule has 3 aromatic rings. The first-order chi connectivity index (χ1) is 13.8. The lowest BCUT2D eigenvalue weighted by atomic mass is 9.87. The second-order valence-corrected chi connectivity index (χ2v) is 8.16. The van der Waals surface area contributed by atoms with Gasteiger partial charge in [0.25, 0.3) is 0 Å². The van der Waals surface area contributed by atoms with Crippen molar-refractivity contribution in [3.63, 3.8) is 0 Å². The number of aryl methyl sites for hydroxylation is 1. The molecule has 6 heteroatoms. The Kier molecular flexibility index (Phi) is 5.86. The average Bonchev–Trinajstić information content (AvgIpc) is 3.48. The normalized spacial score (nSPS) is 17.8. The molecular weight excluding hydrogens is 370 g/mol. The number of carbonyl (C=O) groups excluding carboxylic acids is 1. The molecule has 2 atom stereocenters. The number of nitrogens with zero attached hydrogens (tertiary/aromatic N) is 3. The fourth-order valence-electron chi connectivity index (χ4n) is 4.17. The van der Waals surface area contributed by atoms with Crippen LogP contribution in [-0.2, 0) is 11.2 Å². The lowest BCUT2D eigenvalue weighted by molar-refractivity contribution is -0.132. The van der Waals surface area contributed by atoms with E-state index in [0.717, 1.165) is 30.7 Å². The maximum absolute atomic E-state index is 13.0. The smallest absolute Gasteiger partial charge is 0.227 e. The standard InChI is InChI=1S/C22H25N3O2S/c1-2-17(16-8-4-3-5-9-16)18-10-6-14-25(18)21(26)13-12-20-23-22(24-27-20)19-11-7-15-28-19/h3-5,7-9,11,15,17-18H,2,6,10,12-14H2,1H3/t17-,18+/m0/s1. The number of likely N-dealkylation sites (tertiary alicyclic amines) is 1. The van der Waals surface area contributed by atoms with Gasteiger partial charge < -0.3 is 9.42 Å². The molecule has 0 spiro atoms. The largest absolute Gasteiger partial charge is 0.339 e. The highest BCUT2D eigenvalue weighted by molar-refractivity contribution is 7.13. The Morgan fingerprint density at radius 3 is 2.89 bits per heavy atom. The predicted octanol–water partition coefficient (Wildman–Crippen LogP) is 4.92. The summed E-state index contributed by atoms with van der Waals surface area (Å²) in [6.07, 6.45) is 4.08. The number of amides is 1. The highest BCUT2D eigenvalue weighted by Crippen LogP contribution is 2.34. The quantitative estimate of drug-likeness (QED) is 0.570. The summed E-state index contributed by atoms with van der Waals surface area (Å²) in [6, 6.07) is 14.8. The summed E-state index contributed by atoms with van der Waals surface area (Å²) in [5.74, 6) is 1.71. The van der Waals surface area contributed by atoms with Crippen LogP contribution < -0.4 is 0 Å². The molecule has 0 N–H and O–H groups in total. The van der Waals surface area contributed by atoms with E-state index in [1.807, 2.05) is 23.6 Å². The van der Waals surface area contributed by atoms with Gasteiger partial charge in [-0.05, 0) is 36.3 Å². The SMILES string of the molecule is CC[C@@H](c1ccccc1)[C@H]1CCCN1C(=O)CCc1nc(-c2cccs2)no1. The molecule has 0 unspecified atom stereocenters. The molecule has 28 heavy (non-hydrogen) atoms. The van der Waals surface area contributed by atoms with Crippen molar-refractivity contribution in [2.45, 2.75) is 51.0 Å². The number of hydrogen-bond donors (Lipinski definition) is 0. The van der Waals surface area contributed by atoms with Crippen LogP contribution in [0.25, 0.3) is 10.7 Å². The fraction of sp³-hybridized carbons (Fsp3) is 0.409. The van der Waals surface area contributed by atoms with Crippen molar-refractivity contribution in [2.24, 2.45) is 0 Å². The molecule has 1 aliphatic rings. The van der Waals surface area contributed by atoms with Crippen molar-refractivity contribution in [3.05, 3.63) is 59.3 Å². The van der Waals surface area contributed by atoms with E-state index in [2.05, 4.69) is 46.2 Å². The Morgan fingerprint density at radius 2 is 2.14 bits per heavy atom. The highest BCUT2D eigenvalue weighted by Gasteiger charge is 2.34. The lowest BCUT2D eigenvalue weighted by Crippen LogP contribution is -2.39. The van der Waals surface area contributed by atoms with E-state index in [4.69, 9.17) is 4.52 Å². The maximum Gasteiger partial charge on any atom is 0.227 e. The fourth-order valence-corrected chi connectivity index (χ4v) is 4.82. The summed E-state index contributed by atoms with van der Waals surface area (Å²) < 4.78 is 5.34. The van der Waals surface area contributed by atoms with Gasteiger partial charge in [-0.3, -0.25) is 4.79 Å². The van der Waals surface area contributed by atoms with Crippen LogP contribution in [0.4, 0.5) is 0 Å². The Labute approximate surface area is 169 Å². The van der Waals surface area contributed by atoms with E-state index in [1.165, 1.54) is 5.56 Å². The molecule has 146 valence electrons. The van der Waals surface area contributed by atoms with Gasteiger partial charge in [-0.25, -0.2) is 0 Å². The summed E-state index contributed by atoms with van der Waals surface area (Å²) >= 11 is 1.58. The number of rotatable bonds is 7. The molecule has 4 rings (SSSR count). The Bertz CT molecular complexity index is 892. The van der Waals surface area contributed by atoms with Gasteiger partial charge in [-0.2, -0.15) is 4.98 Å². The second-order valence-electron chi connectivity index (χ2n) is 7.21. The summed E-state index contributed by atoms with van der Waals surface area (Å²) in [7, 11) is 0. The summed E-state index contributed by atoms with van der Waals surface area (Å²) in [4.78, 5) is 20.4. The van der Waals surface area contributed by atoms with E-state index >= 15 is 0 Å². The van der Waals surface area contributed by atoms with Gasteiger partial charge >= 0.3 is 0 Å². The molecular formula is C22H25N3O2S. The van der Waals surface area contributed by atoms with E-state index in [1.54, 1.807) is 11.3 Å². The maximum atomic E-state index is 13.0. The van der Waals surface area contributed by atoms with Crippen molar-refractivity contribution in [2.75, 3.05) is 6.54 Å². The molecule has 1 amide bonds. The first-order valence-corrected chi connectivity index (χ1v) is 10.8. The molecule has 5 nitrogen and oxygen atoms in total. The van der Waals surface area contributed by atoms with E-state index < -0.39 is 0 Å². The van der Waals surface area contributed by atoms with Crippen molar-refractivity contribution >= 4 is 17.2 Å². The van der Waals surface area contributed by atoms with Crippen molar-refractivity contribution in [3.8, 4) is 10.7 Å². The van der Waals surface area contributed by atoms with Crippen LogP contribution in [0.5, 0.6) is 0 Å². The third kappa shape index (κ3) is 4.02. The van der Waals surface area contributed by atoms with Gasteiger partial charge in [0.05, 0.1) is 4.88 Å². The van der Waals surface area contributed by atoms with Gasteiger partial charge in [0.15, 0.2) is 0 Å². The Hall–Kier alpha value is -2.47. The zero-order valence-corrected chi connectivity index (χ0v) is 16.9. The van der Waals surface area contributed by atoms with Gasteiger partial charge in [0.1, 0.15) is 0 Å². The van der Waals surface area contributed by atoms with Crippen LogP contribution in [0.15, 0.2) is 52.4 Å². The monoisotopic (exact) mass is 395 g/mol. The average molecular weight is 396 g/mol. The molecule has 0 aliphatic carbocycles. The summed E-state index contributed by atoms with van der Waals surface area (Å²) in [5.41, 5.74) is 1.33. The van der Waals surface area contributed by atoms with Gasteiger partial charge in [-0.1, -0.05) is 48.5 Å². The molecule has 2 aromatic heterocycles. The highest BCUT2D eigenvalue weighted by atomic mass is 32.1. The van der Waals surface area contributed by atoms with E-state index in [0.29, 0.717) is 30.5 Å². The number of aromatic nitrogens is 2. The van der Waals surface area contributed by atoms with Gasteiger partial charge in [-0.15, -0.1) is 11.3 Å². The summed E-state index contributed by atoms with van der Waals surface area (Å²) in [5, 5.41) is 6.02. The van der Waals surface area contributed by atoms with Gasteiger partial charge in [0.2, 0.25) is 17.6 Å². The molecule has 1 fully saturated rings.